The van der Waals surface area contributed by atoms with E-state index in [0.29, 0.717) is 0 Å². The van der Waals surface area contributed by atoms with Gasteiger partial charge in [-0.25, -0.2) is 0 Å². The van der Waals surface area contributed by atoms with Gasteiger partial charge < -0.3 is 10.1 Å². The van der Waals surface area contributed by atoms with E-state index in [1.54, 1.807) is 7.11 Å². The summed E-state index contributed by atoms with van der Waals surface area (Å²) in [6.07, 6.45) is 2.25. The quantitative estimate of drug-likeness (QED) is 0.765. The fourth-order valence-corrected chi connectivity index (χ4v) is 2.04. The summed E-state index contributed by atoms with van der Waals surface area (Å²) >= 11 is 0. The topological polar surface area (TPSA) is 21.3 Å². The molecule has 0 atom stereocenters. The number of ether oxygens (including phenoxy) is 1. The second kappa shape index (κ2) is 7.59. The largest absolute Gasteiger partial charge is 0.497 e. The highest BCUT2D eigenvalue weighted by Crippen LogP contribution is 2.12. The van der Waals surface area contributed by atoms with Crippen LogP contribution in [0.25, 0.3) is 0 Å². The number of methoxy groups -OCH3 is 1. The maximum atomic E-state index is 5.15. The van der Waals surface area contributed by atoms with E-state index in [4.69, 9.17) is 4.74 Å². The summed E-state index contributed by atoms with van der Waals surface area (Å²) in [4.78, 5) is 0. The van der Waals surface area contributed by atoms with E-state index < -0.39 is 0 Å². The third kappa shape index (κ3) is 4.76. The third-order valence-electron chi connectivity index (χ3n) is 3.15. The molecule has 2 rings (SSSR count). The lowest BCUT2D eigenvalue weighted by Gasteiger charge is -2.06. The fourth-order valence-electron chi connectivity index (χ4n) is 2.04. The molecule has 1 N–H and O–H groups in total. The van der Waals surface area contributed by atoms with Gasteiger partial charge in [-0.3, -0.25) is 0 Å². The summed E-state index contributed by atoms with van der Waals surface area (Å²) in [5.74, 6) is 0.922. The van der Waals surface area contributed by atoms with Crippen molar-refractivity contribution in [1.29, 1.82) is 0 Å². The van der Waals surface area contributed by atoms with E-state index >= 15 is 0 Å². The van der Waals surface area contributed by atoms with Crippen LogP contribution in [0.15, 0.2) is 54.6 Å². The first kappa shape index (κ1) is 13.6. The van der Waals surface area contributed by atoms with Crippen LogP contribution in [0.1, 0.15) is 17.5 Å². The molecule has 0 saturated heterocycles. The molecule has 0 unspecified atom stereocenters. The summed E-state index contributed by atoms with van der Waals surface area (Å²) in [6.45, 7) is 1.99. The van der Waals surface area contributed by atoms with Crippen LogP contribution in [-0.2, 0) is 13.0 Å². The summed E-state index contributed by atoms with van der Waals surface area (Å²) in [6, 6.07) is 18.8. The Morgan fingerprint density at radius 1 is 0.895 bits per heavy atom. The standard InChI is InChI=1S/C17H21NO/c1-19-17-11-9-15(10-12-17)8-5-13-18-14-16-6-3-2-4-7-16/h2-4,6-7,9-12,18H,5,8,13-14H2,1H3. The predicted octanol–water partition coefficient (Wildman–Crippen LogP) is 3.42. The van der Waals surface area contributed by atoms with Crippen molar-refractivity contribution < 1.29 is 4.74 Å². The molecular weight excluding hydrogens is 234 g/mol. The first-order chi connectivity index (χ1) is 9.38. The molecule has 0 aliphatic carbocycles. The van der Waals surface area contributed by atoms with Gasteiger partial charge in [0.25, 0.3) is 0 Å². The molecule has 2 nitrogen and oxygen atoms in total. The van der Waals surface area contributed by atoms with E-state index in [9.17, 15) is 0 Å². The average Bonchev–Trinajstić information content (AvgIpc) is 2.49. The van der Waals surface area contributed by atoms with E-state index in [1.165, 1.54) is 11.1 Å². The Balaban J connectivity index is 1.63. The van der Waals surface area contributed by atoms with Crippen LogP contribution < -0.4 is 10.1 Å². The highest BCUT2D eigenvalue weighted by molar-refractivity contribution is 5.27. The minimum atomic E-state index is 0.922. The molecule has 0 spiro atoms. The van der Waals surface area contributed by atoms with Crippen LogP contribution in [0, 0.1) is 0 Å². The van der Waals surface area contributed by atoms with Crippen molar-refractivity contribution in [2.45, 2.75) is 19.4 Å². The summed E-state index contributed by atoms with van der Waals surface area (Å²) in [5, 5.41) is 3.47. The molecule has 0 aromatic heterocycles. The smallest absolute Gasteiger partial charge is 0.118 e. The van der Waals surface area contributed by atoms with Crippen molar-refractivity contribution in [2.75, 3.05) is 13.7 Å². The van der Waals surface area contributed by atoms with Gasteiger partial charge in [0.1, 0.15) is 5.75 Å². The third-order valence-corrected chi connectivity index (χ3v) is 3.15. The zero-order chi connectivity index (χ0) is 13.3. The van der Waals surface area contributed by atoms with Crippen molar-refractivity contribution >= 4 is 0 Å². The Hall–Kier alpha value is -1.80. The molecule has 100 valence electrons. The van der Waals surface area contributed by atoms with Gasteiger partial charge in [-0.15, -0.1) is 0 Å². The van der Waals surface area contributed by atoms with Gasteiger partial charge in [-0.1, -0.05) is 42.5 Å². The van der Waals surface area contributed by atoms with Crippen LogP contribution in [0.3, 0.4) is 0 Å². The molecule has 0 aliphatic rings. The minimum absolute atomic E-state index is 0.922. The van der Waals surface area contributed by atoms with Gasteiger partial charge in [-0.05, 0) is 42.6 Å². The van der Waals surface area contributed by atoms with Crippen molar-refractivity contribution in [3.63, 3.8) is 0 Å². The number of rotatable bonds is 7. The maximum absolute atomic E-state index is 5.15. The SMILES string of the molecule is COc1ccc(CCCNCc2ccccc2)cc1. The number of benzene rings is 2. The summed E-state index contributed by atoms with van der Waals surface area (Å²) in [7, 11) is 1.70. The Morgan fingerprint density at radius 2 is 1.63 bits per heavy atom. The van der Waals surface area contributed by atoms with Crippen LogP contribution in [0.2, 0.25) is 0 Å². The maximum Gasteiger partial charge on any atom is 0.118 e. The van der Waals surface area contributed by atoms with Crippen molar-refractivity contribution in [2.24, 2.45) is 0 Å². The predicted molar refractivity (Wildman–Crippen MR) is 79.5 cm³/mol. The van der Waals surface area contributed by atoms with Gasteiger partial charge >= 0.3 is 0 Å². The highest BCUT2D eigenvalue weighted by atomic mass is 16.5. The Bertz CT molecular complexity index is 464. The Morgan fingerprint density at radius 3 is 2.32 bits per heavy atom. The molecule has 0 radical (unpaired) electrons. The minimum Gasteiger partial charge on any atom is -0.497 e. The van der Waals surface area contributed by atoms with Crippen LogP contribution >= 0.6 is 0 Å². The second-order valence-corrected chi connectivity index (χ2v) is 4.61. The van der Waals surface area contributed by atoms with E-state index in [1.807, 2.05) is 18.2 Å². The van der Waals surface area contributed by atoms with Gasteiger partial charge in [0.2, 0.25) is 0 Å². The van der Waals surface area contributed by atoms with E-state index in [0.717, 1.165) is 31.7 Å². The molecule has 2 aromatic carbocycles. The van der Waals surface area contributed by atoms with Gasteiger partial charge in [-0.2, -0.15) is 0 Å². The van der Waals surface area contributed by atoms with Gasteiger partial charge in [0.15, 0.2) is 0 Å². The number of nitrogens with one attached hydrogen (secondary N) is 1. The van der Waals surface area contributed by atoms with Crippen molar-refractivity contribution in [3.8, 4) is 5.75 Å². The van der Waals surface area contributed by atoms with Gasteiger partial charge in [0.05, 0.1) is 7.11 Å². The molecular formula is C17H21NO. The molecule has 0 heterocycles. The number of hydrogen-bond acceptors (Lipinski definition) is 2. The lowest BCUT2D eigenvalue weighted by atomic mass is 10.1. The van der Waals surface area contributed by atoms with Crippen LogP contribution in [0.5, 0.6) is 5.75 Å². The lowest BCUT2D eigenvalue weighted by Crippen LogP contribution is -2.15. The first-order valence-electron chi connectivity index (χ1n) is 6.76. The summed E-state index contributed by atoms with van der Waals surface area (Å²) in [5.41, 5.74) is 2.70. The zero-order valence-electron chi connectivity index (χ0n) is 11.4. The Labute approximate surface area is 115 Å². The molecule has 2 heteroatoms. The van der Waals surface area contributed by atoms with Crippen LogP contribution in [0.4, 0.5) is 0 Å². The van der Waals surface area contributed by atoms with Crippen LogP contribution in [-0.4, -0.2) is 13.7 Å². The highest BCUT2D eigenvalue weighted by Gasteiger charge is 1.95. The molecule has 0 amide bonds. The molecule has 0 fully saturated rings. The Kier molecular flexibility index (Phi) is 5.45. The monoisotopic (exact) mass is 255 g/mol. The molecule has 0 saturated carbocycles. The molecule has 0 aliphatic heterocycles. The summed E-state index contributed by atoms with van der Waals surface area (Å²) < 4.78 is 5.15. The fraction of sp³-hybridized carbons (Fsp3) is 0.294. The zero-order valence-corrected chi connectivity index (χ0v) is 11.4. The lowest BCUT2D eigenvalue weighted by molar-refractivity contribution is 0.414. The van der Waals surface area contributed by atoms with E-state index in [2.05, 4.69) is 41.7 Å². The molecule has 2 aromatic rings. The molecule has 0 bridgehead atoms. The van der Waals surface area contributed by atoms with Crippen molar-refractivity contribution in [1.82, 2.24) is 5.32 Å². The first-order valence-corrected chi connectivity index (χ1v) is 6.76. The number of hydrogen-bond donors (Lipinski definition) is 1. The molecule has 19 heavy (non-hydrogen) atoms. The van der Waals surface area contributed by atoms with Gasteiger partial charge in [0, 0.05) is 6.54 Å². The normalized spacial score (nSPS) is 10.4. The number of aryl methyl sites for hydroxylation is 1. The second-order valence-electron chi connectivity index (χ2n) is 4.61. The average molecular weight is 255 g/mol. The van der Waals surface area contributed by atoms with E-state index in [-0.39, 0.29) is 0 Å². The van der Waals surface area contributed by atoms with Crippen molar-refractivity contribution in [3.05, 3.63) is 65.7 Å².